The molecule has 0 aromatic heterocycles. The third-order valence-electron chi connectivity index (χ3n) is 1.77. The zero-order chi connectivity index (χ0) is 10.6. The van der Waals surface area contributed by atoms with Gasteiger partial charge in [-0.25, -0.2) is 8.78 Å². The molecular formula is C9H11F2NO2. The molecule has 0 bridgehead atoms. The van der Waals surface area contributed by atoms with Gasteiger partial charge in [0.15, 0.2) is 0 Å². The molecule has 0 atom stereocenters. The summed E-state index contributed by atoms with van der Waals surface area (Å²) in [5, 5.41) is 9.34. The SMILES string of the molecule is CONCc1ccc(C(F)F)cc1O. The first-order valence-corrected chi connectivity index (χ1v) is 4.01. The molecule has 0 aliphatic heterocycles. The number of nitrogens with one attached hydrogen (secondary N) is 1. The van der Waals surface area contributed by atoms with E-state index in [0.717, 1.165) is 6.07 Å². The Morgan fingerprint density at radius 3 is 2.71 bits per heavy atom. The molecule has 5 heteroatoms. The van der Waals surface area contributed by atoms with Crippen molar-refractivity contribution in [2.24, 2.45) is 0 Å². The molecule has 14 heavy (non-hydrogen) atoms. The second kappa shape index (κ2) is 4.88. The normalized spacial score (nSPS) is 10.9. The van der Waals surface area contributed by atoms with Gasteiger partial charge in [0.25, 0.3) is 6.43 Å². The fourth-order valence-corrected chi connectivity index (χ4v) is 1.02. The standard InChI is InChI=1S/C9H11F2NO2/c1-14-12-5-7-3-2-6(9(10)11)4-8(7)13/h2-4,9,12-13H,5H2,1H3. The van der Waals surface area contributed by atoms with Crippen LogP contribution in [0.15, 0.2) is 18.2 Å². The lowest BCUT2D eigenvalue weighted by molar-refractivity contribution is 0.0861. The van der Waals surface area contributed by atoms with Crippen molar-refractivity contribution in [1.29, 1.82) is 0 Å². The lowest BCUT2D eigenvalue weighted by atomic mass is 10.1. The van der Waals surface area contributed by atoms with Crippen molar-refractivity contribution < 1.29 is 18.7 Å². The molecule has 0 spiro atoms. The van der Waals surface area contributed by atoms with E-state index in [1.54, 1.807) is 0 Å². The van der Waals surface area contributed by atoms with Crippen LogP contribution in [0.5, 0.6) is 5.75 Å². The van der Waals surface area contributed by atoms with E-state index >= 15 is 0 Å². The van der Waals surface area contributed by atoms with E-state index in [4.69, 9.17) is 0 Å². The Kier molecular flexibility index (Phi) is 3.79. The summed E-state index contributed by atoms with van der Waals surface area (Å²) in [6, 6.07) is 3.76. The Morgan fingerprint density at radius 1 is 1.50 bits per heavy atom. The first-order valence-electron chi connectivity index (χ1n) is 4.01. The zero-order valence-electron chi connectivity index (χ0n) is 7.63. The monoisotopic (exact) mass is 203 g/mol. The Morgan fingerprint density at radius 2 is 2.21 bits per heavy atom. The molecule has 0 fully saturated rings. The van der Waals surface area contributed by atoms with Crippen molar-refractivity contribution in [3.63, 3.8) is 0 Å². The fourth-order valence-electron chi connectivity index (χ4n) is 1.02. The molecule has 0 radical (unpaired) electrons. The van der Waals surface area contributed by atoms with E-state index in [1.165, 1.54) is 19.2 Å². The molecule has 1 aromatic carbocycles. The molecule has 1 rings (SSSR count). The number of rotatable bonds is 4. The van der Waals surface area contributed by atoms with Crippen LogP contribution in [-0.2, 0) is 11.4 Å². The highest BCUT2D eigenvalue weighted by atomic mass is 19.3. The Balaban J connectivity index is 2.79. The Labute approximate surface area is 80.3 Å². The first-order chi connectivity index (χ1) is 6.65. The van der Waals surface area contributed by atoms with E-state index in [-0.39, 0.29) is 17.9 Å². The molecule has 0 heterocycles. The van der Waals surface area contributed by atoms with Crippen molar-refractivity contribution in [3.05, 3.63) is 29.3 Å². The quantitative estimate of drug-likeness (QED) is 0.735. The van der Waals surface area contributed by atoms with Crippen LogP contribution in [0.2, 0.25) is 0 Å². The van der Waals surface area contributed by atoms with Gasteiger partial charge in [-0.3, -0.25) is 0 Å². The molecule has 0 aliphatic carbocycles. The van der Waals surface area contributed by atoms with Crippen LogP contribution in [0, 0.1) is 0 Å². The van der Waals surface area contributed by atoms with Gasteiger partial charge in [-0.15, -0.1) is 0 Å². The largest absolute Gasteiger partial charge is 0.508 e. The second-order valence-electron chi connectivity index (χ2n) is 2.71. The predicted octanol–water partition coefficient (Wildman–Crippen LogP) is 1.98. The molecule has 1 aromatic rings. The van der Waals surface area contributed by atoms with Crippen LogP contribution in [0.25, 0.3) is 0 Å². The molecule has 0 saturated heterocycles. The van der Waals surface area contributed by atoms with Crippen LogP contribution in [0.4, 0.5) is 8.78 Å². The van der Waals surface area contributed by atoms with Crippen molar-refractivity contribution in [2.75, 3.05) is 7.11 Å². The molecule has 78 valence electrons. The molecule has 0 unspecified atom stereocenters. The highest BCUT2D eigenvalue weighted by Crippen LogP contribution is 2.25. The van der Waals surface area contributed by atoms with Gasteiger partial charge in [0, 0.05) is 17.7 Å². The van der Waals surface area contributed by atoms with Crippen LogP contribution in [0.3, 0.4) is 0 Å². The minimum Gasteiger partial charge on any atom is -0.508 e. The average Bonchev–Trinajstić information content (AvgIpc) is 2.15. The highest BCUT2D eigenvalue weighted by Gasteiger charge is 2.09. The van der Waals surface area contributed by atoms with Gasteiger partial charge in [0.1, 0.15) is 5.75 Å². The minimum atomic E-state index is -2.56. The van der Waals surface area contributed by atoms with Gasteiger partial charge in [0.2, 0.25) is 0 Å². The summed E-state index contributed by atoms with van der Waals surface area (Å²) in [6.07, 6.45) is -2.56. The second-order valence-corrected chi connectivity index (χ2v) is 2.71. The number of phenolic OH excluding ortho intramolecular Hbond substituents is 1. The number of hydrogen-bond donors (Lipinski definition) is 2. The summed E-state index contributed by atoms with van der Waals surface area (Å²) in [7, 11) is 1.44. The highest BCUT2D eigenvalue weighted by molar-refractivity contribution is 5.36. The molecule has 2 N–H and O–H groups in total. The molecule has 0 amide bonds. The number of halogens is 2. The maximum absolute atomic E-state index is 12.2. The van der Waals surface area contributed by atoms with Crippen molar-refractivity contribution in [3.8, 4) is 5.75 Å². The Hall–Kier alpha value is -1.20. The first kappa shape index (κ1) is 10.9. The number of hydroxylamine groups is 1. The van der Waals surface area contributed by atoms with E-state index in [2.05, 4.69) is 10.3 Å². The van der Waals surface area contributed by atoms with Gasteiger partial charge in [-0.1, -0.05) is 12.1 Å². The molecule has 0 aliphatic rings. The zero-order valence-corrected chi connectivity index (χ0v) is 7.63. The summed E-state index contributed by atoms with van der Waals surface area (Å²) in [6.45, 7) is 0.270. The van der Waals surface area contributed by atoms with E-state index < -0.39 is 6.43 Å². The van der Waals surface area contributed by atoms with Crippen molar-refractivity contribution >= 4 is 0 Å². The van der Waals surface area contributed by atoms with Crippen LogP contribution >= 0.6 is 0 Å². The Bertz CT molecular complexity index is 305. The molecular weight excluding hydrogens is 192 g/mol. The number of hydrogen-bond acceptors (Lipinski definition) is 3. The third-order valence-corrected chi connectivity index (χ3v) is 1.77. The summed E-state index contributed by atoms with van der Waals surface area (Å²) in [4.78, 5) is 4.57. The lowest BCUT2D eigenvalue weighted by Crippen LogP contribution is -2.10. The smallest absolute Gasteiger partial charge is 0.263 e. The van der Waals surface area contributed by atoms with Gasteiger partial charge < -0.3 is 9.94 Å². The van der Waals surface area contributed by atoms with Crippen molar-refractivity contribution in [2.45, 2.75) is 13.0 Å². The summed E-state index contributed by atoms with van der Waals surface area (Å²) >= 11 is 0. The van der Waals surface area contributed by atoms with Crippen molar-refractivity contribution in [1.82, 2.24) is 5.48 Å². The van der Waals surface area contributed by atoms with Gasteiger partial charge >= 0.3 is 0 Å². The van der Waals surface area contributed by atoms with E-state index in [1.807, 2.05) is 0 Å². The lowest BCUT2D eigenvalue weighted by Gasteiger charge is -2.06. The minimum absolute atomic E-state index is 0.160. The number of alkyl halides is 2. The maximum atomic E-state index is 12.2. The van der Waals surface area contributed by atoms with E-state index in [0.29, 0.717) is 5.56 Å². The summed E-state index contributed by atoms with van der Waals surface area (Å²) in [5.74, 6) is -0.160. The fraction of sp³-hybridized carbons (Fsp3) is 0.333. The van der Waals surface area contributed by atoms with E-state index in [9.17, 15) is 13.9 Å². The third kappa shape index (κ3) is 2.65. The van der Waals surface area contributed by atoms with Gasteiger partial charge in [-0.2, -0.15) is 5.48 Å². The average molecular weight is 203 g/mol. The van der Waals surface area contributed by atoms with Crippen LogP contribution in [-0.4, -0.2) is 12.2 Å². The molecule has 3 nitrogen and oxygen atoms in total. The van der Waals surface area contributed by atoms with Gasteiger partial charge in [-0.05, 0) is 6.07 Å². The molecule has 0 saturated carbocycles. The number of benzene rings is 1. The van der Waals surface area contributed by atoms with Gasteiger partial charge in [0.05, 0.1) is 7.11 Å². The number of aromatic hydroxyl groups is 1. The summed E-state index contributed by atoms with van der Waals surface area (Å²) in [5.41, 5.74) is 2.83. The topological polar surface area (TPSA) is 41.5 Å². The predicted molar refractivity (Wildman–Crippen MR) is 46.9 cm³/mol. The van der Waals surface area contributed by atoms with Crippen LogP contribution < -0.4 is 5.48 Å². The maximum Gasteiger partial charge on any atom is 0.263 e. The summed E-state index contributed by atoms with van der Waals surface area (Å²) < 4.78 is 24.4. The van der Waals surface area contributed by atoms with Crippen LogP contribution in [0.1, 0.15) is 17.6 Å². The number of phenols is 1.